The summed E-state index contributed by atoms with van der Waals surface area (Å²) >= 11 is 0. The maximum Gasteiger partial charge on any atom is 0.0708 e. The Balaban J connectivity index is 2.20. The molecule has 1 aromatic heterocycles. The van der Waals surface area contributed by atoms with E-state index in [9.17, 15) is 0 Å². The third-order valence-corrected chi connectivity index (χ3v) is 3.64. The minimum Gasteiger partial charge on any atom is -0.310 e. The van der Waals surface area contributed by atoms with E-state index in [2.05, 4.69) is 61.4 Å². The Morgan fingerprint density at radius 1 is 1.21 bits per heavy atom. The van der Waals surface area contributed by atoms with E-state index < -0.39 is 0 Å². The maximum absolute atomic E-state index is 4.59. The van der Waals surface area contributed by atoms with Gasteiger partial charge in [-0.25, -0.2) is 0 Å². The molecule has 2 aromatic rings. The highest BCUT2D eigenvalue weighted by Gasteiger charge is 2.07. The predicted octanol–water partition coefficient (Wildman–Crippen LogP) is 4.21. The zero-order valence-corrected chi connectivity index (χ0v) is 12.2. The number of pyridine rings is 1. The normalized spacial score (nSPS) is 12.8. The Morgan fingerprint density at radius 2 is 2.00 bits per heavy atom. The lowest BCUT2D eigenvalue weighted by Gasteiger charge is -2.17. The molecule has 0 fully saturated rings. The lowest BCUT2D eigenvalue weighted by atomic mass is 10.1. The van der Waals surface area contributed by atoms with Gasteiger partial charge in [0.1, 0.15) is 0 Å². The molecule has 1 aromatic carbocycles. The first kappa shape index (κ1) is 14.0. The molecule has 0 amide bonds. The van der Waals surface area contributed by atoms with Gasteiger partial charge in [0.15, 0.2) is 0 Å². The van der Waals surface area contributed by atoms with Crippen molar-refractivity contribution in [2.75, 3.05) is 0 Å². The van der Waals surface area contributed by atoms with E-state index in [1.54, 1.807) is 0 Å². The van der Waals surface area contributed by atoms with Crippen LogP contribution in [0.3, 0.4) is 0 Å². The third-order valence-electron chi connectivity index (χ3n) is 3.64. The van der Waals surface area contributed by atoms with E-state index in [-0.39, 0.29) is 0 Å². The van der Waals surface area contributed by atoms with Crippen LogP contribution in [0.1, 0.15) is 44.4 Å². The molecule has 1 unspecified atom stereocenters. The van der Waals surface area contributed by atoms with E-state index in [1.807, 2.05) is 0 Å². The average Bonchev–Trinajstić information content (AvgIpc) is 2.43. The topological polar surface area (TPSA) is 24.9 Å². The number of fused-ring (bicyclic) bond motifs is 1. The van der Waals surface area contributed by atoms with Gasteiger partial charge in [-0.3, -0.25) is 4.98 Å². The highest BCUT2D eigenvalue weighted by Crippen LogP contribution is 2.18. The molecule has 0 aliphatic carbocycles. The Labute approximate surface area is 116 Å². The number of para-hydroxylation sites is 1. The van der Waals surface area contributed by atoms with Gasteiger partial charge in [-0.05, 0) is 37.5 Å². The summed E-state index contributed by atoms with van der Waals surface area (Å²) in [4.78, 5) is 4.59. The molecule has 0 saturated carbocycles. The van der Waals surface area contributed by atoms with Crippen LogP contribution in [0.4, 0.5) is 0 Å². The van der Waals surface area contributed by atoms with Crippen LogP contribution in [-0.2, 0) is 6.54 Å². The van der Waals surface area contributed by atoms with Crippen molar-refractivity contribution < 1.29 is 0 Å². The molecule has 0 aliphatic rings. The first-order chi connectivity index (χ1) is 9.24. The minimum absolute atomic E-state index is 0.622. The van der Waals surface area contributed by atoms with Crippen molar-refractivity contribution in [3.63, 3.8) is 0 Å². The van der Waals surface area contributed by atoms with Crippen LogP contribution in [0.2, 0.25) is 0 Å². The first-order valence-corrected chi connectivity index (χ1v) is 7.33. The van der Waals surface area contributed by atoms with E-state index in [0.717, 1.165) is 17.8 Å². The van der Waals surface area contributed by atoms with Crippen LogP contribution >= 0.6 is 0 Å². The molecule has 2 rings (SSSR count). The first-order valence-electron chi connectivity index (χ1n) is 7.33. The number of hydrogen-bond donors (Lipinski definition) is 1. The zero-order valence-electron chi connectivity index (χ0n) is 12.2. The highest BCUT2D eigenvalue weighted by molar-refractivity contribution is 5.82. The van der Waals surface area contributed by atoms with Crippen molar-refractivity contribution in [2.24, 2.45) is 0 Å². The van der Waals surface area contributed by atoms with Gasteiger partial charge in [-0.2, -0.15) is 0 Å². The van der Waals surface area contributed by atoms with E-state index in [4.69, 9.17) is 0 Å². The molecule has 2 heteroatoms. The predicted molar refractivity (Wildman–Crippen MR) is 82.3 cm³/mol. The van der Waals surface area contributed by atoms with Crippen LogP contribution in [-0.4, -0.2) is 11.0 Å². The zero-order chi connectivity index (χ0) is 13.7. The molecule has 1 heterocycles. The summed E-state index contributed by atoms with van der Waals surface area (Å²) < 4.78 is 0. The second-order valence-corrected chi connectivity index (χ2v) is 5.21. The monoisotopic (exact) mass is 256 g/mol. The smallest absolute Gasteiger partial charge is 0.0708 e. The molecule has 1 atom stereocenters. The summed E-state index contributed by atoms with van der Waals surface area (Å²) in [5, 5.41) is 4.95. The van der Waals surface area contributed by atoms with Gasteiger partial charge >= 0.3 is 0 Å². The average molecular weight is 256 g/mol. The second-order valence-electron chi connectivity index (χ2n) is 5.21. The molecule has 19 heavy (non-hydrogen) atoms. The van der Waals surface area contributed by atoms with Crippen LogP contribution in [0.25, 0.3) is 10.9 Å². The van der Waals surface area contributed by atoms with Crippen LogP contribution < -0.4 is 5.32 Å². The molecular formula is C17H24N2. The molecule has 0 aliphatic heterocycles. The van der Waals surface area contributed by atoms with Crippen LogP contribution in [0, 0.1) is 6.92 Å². The largest absolute Gasteiger partial charge is 0.310 e. The molecule has 0 bridgehead atoms. The van der Waals surface area contributed by atoms with Gasteiger partial charge < -0.3 is 5.32 Å². The van der Waals surface area contributed by atoms with Gasteiger partial charge in [0.2, 0.25) is 0 Å². The Kier molecular flexibility index (Phi) is 4.92. The number of nitrogens with zero attached hydrogens (tertiary/aromatic N) is 1. The molecule has 1 N–H and O–H groups in total. The van der Waals surface area contributed by atoms with Crippen molar-refractivity contribution in [1.82, 2.24) is 10.3 Å². The lowest BCUT2D eigenvalue weighted by molar-refractivity contribution is 0.463. The summed E-state index contributed by atoms with van der Waals surface area (Å²) in [6.07, 6.45) is 3.68. The Hall–Kier alpha value is -1.41. The van der Waals surface area contributed by atoms with Gasteiger partial charge in [0.25, 0.3) is 0 Å². The van der Waals surface area contributed by atoms with Gasteiger partial charge in [0.05, 0.1) is 5.52 Å². The molecule has 0 spiro atoms. The summed E-state index contributed by atoms with van der Waals surface area (Å²) in [6.45, 7) is 7.50. The third kappa shape index (κ3) is 3.54. The second kappa shape index (κ2) is 6.67. The minimum atomic E-state index is 0.622. The van der Waals surface area contributed by atoms with Crippen molar-refractivity contribution in [3.05, 3.63) is 41.6 Å². The van der Waals surface area contributed by atoms with Gasteiger partial charge in [-0.1, -0.05) is 38.5 Å². The molecule has 0 saturated heterocycles. The molecule has 102 valence electrons. The Bertz CT molecular complexity index is 534. The molecular weight excluding hydrogens is 232 g/mol. The number of hydrogen-bond acceptors (Lipinski definition) is 2. The standard InChI is InChI=1S/C17H24N2/c1-4-8-15(5-2)18-12-14-11-13(3)19-17-10-7-6-9-16(14)17/h6-7,9-11,15,18H,4-5,8,12H2,1-3H3. The maximum atomic E-state index is 4.59. The van der Waals surface area contributed by atoms with Crippen LogP contribution in [0.5, 0.6) is 0 Å². The summed E-state index contributed by atoms with van der Waals surface area (Å²) in [5.41, 5.74) is 3.56. The fourth-order valence-electron chi connectivity index (χ4n) is 2.59. The number of rotatable bonds is 6. The number of benzene rings is 1. The Morgan fingerprint density at radius 3 is 2.74 bits per heavy atom. The SMILES string of the molecule is CCCC(CC)NCc1cc(C)nc2ccccc12. The lowest BCUT2D eigenvalue weighted by Crippen LogP contribution is -2.27. The van der Waals surface area contributed by atoms with Gasteiger partial charge in [0, 0.05) is 23.7 Å². The number of aromatic nitrogens is 1. The summed E-state index contributed by atoms with van der Waals surface area (Å²) in [6, 6.07) is 11.2. The van der Waals surface area contributed by atoms with Crippen molar-refractivity contribution >= 4 is 10.9 Å². The van der Waals surface area contributed by atoms with Crippen molar-refractivity contribution in [3.8, 4) is 0 Å². The summed E-state index contributed by atoms with van der Waals surface area (Å²) in [5.74, 6) is 0. The van der Waals surface area contributed by atoms with Crippen LogP contribution in [0.15, 0.2) is 30.3 Å². The molecule has 0 radical (unpaired) electrons. The quantitative estimate of drug-likeness (QED) is 0.837. The fourth-order valence-corrected chi connectivity index (χ4v) is 2.59. The van der Waals surface area contributed by atoms with Crippen molar-refractivity contribution in [2.45, 2.75) is 52.6 Å². The number of aryl methyl sites for hydroxylation is 1. The fraction of sp³-hybridized carbons (Fsp3) is 0.471. The van der Waals surface area contributed by atoms with Gasteiger partial charge in [-0.15, -0.1) is 0 Å². The highest BCUT2D eigenvalue weighted by atomic mass is 14.9. The van der Waals surface area contributed by atoms with E-state index in [1.165, 1.54) is 30.2 Å². The molecule has 2 nitrogen and oxygen atoms in total. The van der Waals surface area contributed by atoms with Crippen molar-refractivity contribution in [1.29, 1.82) is 0 Å². The van der Waals surface area contributed by atoms with E-state index >= 15 is 0 Å². The number of nitrogens with one attached hydrogen (secondary N) is 1. The summed E-state index contributed by atoms with van der Waals surface area (Å²) in [7, 11) is 0. The van der Waals surface area contributed by atoms with E-state index in [0.29, 0.717) is 6.04 Å².